The van der Waals surface area contributed by atoms with Crippen LogP contribution in [0.1, 0.15) is 30.5 Å². The van der Waals surface area contributed by atoms with E-state index in [0.29, 0.717) is 0 Å². The maximum Gasteiger partial charge on any atom is 0.0670 e. The lowest BCUT2D eigenvalue weighted by Gasteiger charge is -2.35. The molecule has 0 bridgehead atoms. The average Bonchev–Trinajstić information content (AvgIpc) is 2.88. The number of allylic oxidation sites excluding steroid dienone is 6. The fraction of sp³-hybridized carbons (Fsp3) is 0.167. The maximum atomic E-state index is 4.48. The molecular weight excluding hydrogens is 288 g/mol. The number of hydrogen-bond donors (Lipinski definition) is 0. The van der Waals surface area contributed by atoms with Crippen LogP contribution in [0.5, 0.6) is 0 Å². The first-order valence-corrected chi connectivity index (χ1v) is 8.40. The number of aryl methyl sites for hydroxylation is 1. The van der Waals surface area contributed by atoms with Crippen molar-refractivity contribution in [2.75, 3.05) is 0 Å². The topological polar surface area (TPSA) is 0 Å². The van der Waals surface area contributed by atoms with E-state index in [2.05, 4.69) is 87.7 Å². The van der Waals surface area contributed by atoms with E-state index in [1.54, 1.807) is 0 Å². The molecule has 2 aromatic carbocycles. The first-order valence-electron chi connectivity index (χ1n) is 8.40. The van der Waals surface area contributed by atoms with Crippen LogP contribution < -0.4 is 0 Å². The third kappa shape index (κ3) is 2.06. The molecule has 1 atom stereocenters. The van der Waals surface area contributed by atoms with Gasteiger partial charge in [-0.25, -0.2) is 0 Å². The van der Waals surface area contributed by atoms with Crippen LogP contribution in [0.2, 0.25) is 0 Å². The van der Waals surface area contributed by atoms with Gasteiger partial charge in [-0.05, 0) is 54.2 Å². The summed E-state index contributed by atoms with van der Waals surface area (Å²) in [6.45, 7) is 14.8. The average molecular weight is 312 g/mol. The predicted molar refractivity (Wildman–Crippen MR) is 105 cm³/mol. The molecule has 0 spiro atoms. The second kappa shape index (κ2) is 6.13. The van der Waals surface area contributed by atoms with Crippen molar-refractivity contribution in [1.82, 2.24) is 0 Å². The van der Waals surface area contributed by atoms with Crippen LogP contribution in [-0.4, -0.2) is 0 Å². The zero-order chi connectivity index (χ0) is 17.3. The molecule has 1 unspecified atom stereocenters. The van der Waals surface area contributed by atoms with Crippen molar-refractivity contribution < 1.29 is 0 Å². The van der Waals surface area contributed by atoms with Crippen molar-refractivity contribution in [2.45, 2.75) is 26.2 Å². The summed E-state index contributed by atoms with van der Waals surface area (Å²) in [5.41, 5.74) is 8.61. The van der Waals surface area contributed by atoms with Crippen molar-refractivity contribution in [3.05, 3.63) is 108 Å². The molecule has 120 valence electrons. The van der Waals surface area contributed by atoms with E-state index in [4.69, 9.17) is 0 Å². The molecule has 0 saturated carbocycles. The maximum absolute atomic E-state index is 4.48. The third-order valence-corrected chi connectivity index (χ3v) is 5.08. The Morgan fingerprint density at radius 1 is 1.04 bits per heavy atom. The molecule has 0 heterocycles. The second-order valence-electron chi connectivity index (χ2n) is 6.40. The van der Waals surface area contributed by atoms with Gasteiger partial charge in [0.15, 0.2) is 0 Å². The quantitative estimate of drug-likeness (QED) is 0.563. The Kier molecular flexibility index (Phi) is 4.15. The summed E-state index contributed by atoms with van der Waals surface area (Å²) in [6.07, 6.45) is 8.20. The van der Waals surface area contributed by atoms with Gasteiger partial charge in [0.05, 0.1) is 5.41 Å². The third-order valence-electron chi connectivity index (χ3n) is 5.08. The van der Waals surface area contributed by atoms with Crippen LogP contribution in [0, 0.1) is 6.92 Å². The number of benzene rings is 2. The summed E-state index contributed by atoms with van der Waals surface area (Å²) in [5, 5.41) is 0. The molecule has 0 aromatic heterocycles. The fourth-order valence-electron chi connectivity index (χ4n) is 4.19. The minimum Gasteiger partial charge on any atom is -0.0991 e. The molecule has 0 saturated heterocycles. The smallest absolute Gasteiger partial charge is 0.0670 e. The van der Waals surface area contributed by atoms with Crippen molar-refractivity contribution in [2.24, 2.45) is 0 Å². The first-order chi connectivity index (χ1) is 11.6. The van der Waals surface area contributed by atoms with Gasteiger partial charge in [0.2, 0.25) is 0 Å². The van der Waals surface area contributed by atoms with E-state index < -0.39 is 0 Å². The lowest BCUT2D eigenvalue weighted by molar-refractivity contribution is 0.742. The summed E-state index contributed by atoms with van der Waals surface area (Å²) in [6, 6.07) is 15.3. The molecule has 0 heteroatoms. The van der Waals surface area contributed by atoms with Gasteiger partial charge in [-0.2, -0.15) is 0 Å². The van der Waals surface area contributed by atoms with Gasteiger partial charge < -0.3 is 0 Å². The Morgan fingerprint density at radius 3 is 2.46 bits per heavy atom. The normalized spacial score (nSPS) is 19.2. The highest BCUT2D eigenvalue weighted by Crippen LogP contribution is 2.57. The molecular formula is C24H24. The van der Waals surface area contributed by atoms with Crippen molar-refractivity contribution >= 4 is 0 Å². The minimum atomic E-state index is -0.321. The highest BCUT2D eigenvalue weighted by atomic mass is 14.5. The van der Waals surface area contributed by atoms with E-state index in [-0.39, 0.29) is 5.41 Å². The fourth-order valence-corrected chi connectivity index (χ4v) is 4.19. The molecule has 2 aromatic rings. The monoisotopic (exact) mass is 312 g/mol. The van der Waals surface area contributed by atoms with Gasteiger partial charge in [0.25, 0.3) is 0 Å². The van der Waals surface area contributed by atoms with E-state index in [9.17, 15) is 0 Å². The highest BCUT2D eigenvalue weighted by Gasteiger charge is 2.46. The Bertz CT molecular complexity index is 877. The van der Waals surface area contributed by atoms with Gasteiger partial charge >= 0.3 is 0 Å². The lowest BCUT2D eigenvalue weighted by atomic mass is 9.66. The van der Waals surface area contributed by atoms with Crippen molar-refractivity contribution in [3.8, 4) is 11.1 Å². The molecule has 0 aliphatic heterocycles. The standard InChI is InChI=1S/C24H24/c1-6-11-18(4)24(19(5)12-7-2)22-16-9-8-14-20(22)21-15-10-13-17(3)23(21)24/h6-16H,1,5H2,2-4H3. The minimum absolute atomic E-state index is 0.321. The number of hydrogen-bond acceptors (Lipinski definition) is 0. The largest absolute Gasteiger partial charge is 0.0991 e. The summed E-state index contributed by atoms with van der Waals surface area (Å²) >= 11 is 0. The van der Waals surface area contributed by atoms with Crippen molar-refractivity contribution in [1.29, 1.82) is 0 Å². The molecule has 1 aliphatic rings. The first kappa shape index (κ1) is 16.3. The molecule has 24 heavy (non-hydrogen) atoms. The summed E-state index contributed by atoms with van der Waals surface area (Å²) in [5.74, 6) is 0. The van der Waals surface area contributed by atoms with Gasteiger partial charge in [-0.1, -0.05) is 85.5 Å². The van der Waals surface area contributed by atoms with Crippen LogP contribution >= 0.6 is 0 Å². The molecule has 0 amide bonds. The summed E-state index contributed by atoms with van der Waals surface area (Å²) in [7, 11) is 0. The Hall–Kier alpha value is -2.60. The Morgan fingerprint density at radius 2 is 1.75 bits per heavy atom. The predicted octanol–water partition coefficient (Wildman–Crippen LogP) is 6.53. The molecule has 0 fully saturated rings. The van der Waals surface area contributed by atoms with E-state index in [1.807, 2.05) is 13.0 Å². The number of rotatable bonds is 4. The van der Waals surface area contributed by atoms with Crippen LogP contribution in [0.15, 0.2) is 91.1 Å². The Labute approximate surface area is 145 Å². The second-order valence-corrected chi connectivity index (χ2v) is 6.40. The van der Waals surface area contributed by atoms with E-state index in [0.717, 1.165) is 5.57 Å². The molecule has 1 aliphatic carbocycles. The van der Waals surface area contributed by atoms with Crippen molar-refractivity contribution in [3.63, 3.8) is 0 Å². The van der Waals surface area contributed by atoms with Gasteiger partial charge in [-0.3, -0.25) is 0 Å². The SMILES string of the molecule is C=CC=C(C)C1(C(=C)C=CC)c2ccccc2-c2cccc(C)c21. The van der Waals surface area contributed by atoms with Crippen LogP contribution in [-0.2, 0) is 5.41 Å². The summed E-state index contributed by atoms with van der Waals surface area (Å²) in [4.78, 5) is 0. The van der Waals surface area contributed by atoms with Crippen LogP contribution in [0.25, 0.3) is 11.1 Å². The van der Waals surface area contributed by atoms with Crippen LogP contribution in [0.3, 0.4) is 0 Å². The Balaban J connectivity index is 2.52. The molecule has 3 rings (SSSR count). The van der Waals surface area contributed by atoms with Crippen LogP contribution in [0.4, 0.5) is 0 Å². The molecule has 0 radical (unpaired) electrons. The van der Waals surface area contributed by atoms with Gasteiger partial charge in [-0.15, -0.1) is 0 Å². The van der Waals surface area contributed by atoms with Gasteiger partial charge in [0, 0.05) is 0 Å². The molecule has 0 nitrogen and oxygen atoms in total. The highest BCUT2D eigenvalue weighted by molar-refractivity contribution is 5.87. The zero-order valence-electron chi connectivity index (χ0n) is 14.8. The summed E-state index contributed by atoms with van der Waals surface area (Å²) < 4.78 is 0. The lowest BCUT2D eigenvalue weighted by Crippen LogP contribution is -2.29. The number of fused-ring (bicyclic) bond motifs is 3. The van der Waals surface area contributed by atoms with E-state index >= 15 is 0 Å². The molecule has 0 N–H and O–H groups in total. The van der Waals surface area contributed by atoms with Gasteiger partial charge in [0.1, 0.15) is 0 Å². The van der Waals surface area contributed by atoms with E-state index in [1.165, 1.54) is 33.4 Å². The zero-order valence-corrected chi connectivity index (χ0v) is 14.8.